The van der Waals surface area contributed by atoms with Gasteiger partial charge in [0.15, 0.2) is 0 Å². The second-order valence-electron chi connectivity index (χ2n) is 8.08. The van der Waals surface area contributed by atoms with Crippen molar-refractivity contribution in [3.8, 4) is 0 Å². The van der Waals surface area contributed by atoms with Crippen molar-refractivity contribution in [1.82, 2.24) is 25.1 Å². The lowest BCUT2D eigenvalue weighted by Gasteiger charge is -2.46. The first-order chi connectivity index (χ1) is 14.6. The maximum atomic E-state index is 13.3. The number of rotatable bonds is 5. The van der Waals surface area contributed by atoms with Gasteiger partial charge in [0.05, 0.1) is 6.54 Å². The minimum absolute atomic E-state index is 0.0767. The normalized spacial score (nSPS) is 23.2. The number of carbonyl (C=O) groups excluding carboxylic acids is 1. The molecule has 30 heavy (non-hydrogen) atoms. The van der Waals surface area contributed by atoms with Crippen molar-refractivity contribution >= 4 is 17.2 Å². The van der Waals surface area contributed by atoms with Gasteiger partial charge in [-0.15, -0.1) is 11.3 Å². The monoisotopic (exact) mass is 425 g/mol. The molecule has 3 aromatic rings. The number of hydrogen-bond donors (Lipinski definition) is 1. The molecule has 2 aliphatic heterocycles. The van der Waals surface area contributed by atoms with Gasteiger partial charge in [0, 0.05) is 48.1 Å². The zero-order valence-electron chi connectivity index (χ0n) is 16.7. The third-order valence-corrected chi connectivity index (χ3v) is 6.99. The Morgan fingerprint density at radius 1 is 1.27 bits per heavy atom. The van der Waals surface area contributed by atoms with Crippen LogP contribution in [0.3, 0.4) is 0 Å². The van der Waals surface area contributed by atoms with Gasteiger partial charge in [-0.3, -0.25) is 19.1 Å². The fraction of sp³-hybridized carbons (Fsp3) is 0.429. The van der Waals surface area contributed by atoms with E-state index in [9.17, 15) is 9.59 Å². The molecule has 2 aliphatic rings. The molecule has 0 spiro atoms. The van der Waals surface area contributed by atoms with Crippen molar-refractivity contribution in [3.05, 3.63) is 68.0 Å². The molecule has 0 radical (unpaired) electrons. The smallest absolute Gasteiger partial charge is 0.251 e. The zero-order chi connectivity index (χ0) is 20.7. The predicted molar refractivity (Wildman–Crippen MR) is 111 cm³/mol. The number of piperidine rings is 1. The van der Waals surface area contributed by atoms with Crippen LogP contribution in [0, 0.1) is 12.8 Å². The van der Waals surface area contributed by atoms with E-state index in [0.717, 1.165) is 31.7 Å². The number of pyridine rings is 1. The average Bonchev–Trinajstić information content (AvgIpc) is 3.39. The van der Waals surface area contributed by atoms with Gasteiger partial charge in [0.2, 0.25) is 5.91 Å². The van der Waals surface area contributed by atoms with E-state index in [1.54, 1.807) is 35.0 Å². The quantitative estimate of drug-likeness (QED) is 0.673. The van der Waals surface area contributed by atoms with Crippen molar-refractivity contribution < 1.29 is 9.42 Å². The van der Waals surface area contributed by atoms with E-state index in [4.69, 9.17) is 4.63 Å². The van der Waals surface area contributed by atoms with Gasteiger partial charge < -0.3 is 5.32 Å². The SMILES string of the molecule is Cc1nonc1CNC(=O)[C@H]1[C@@H]2C[C@@H](CN(Cc3cccs3)C2)c2cccc(=O)n21. The van der Waals surface area contributed by atoms with Crippen molar-refractivity contribution in [2.75, 3.05) is 13.1 Å². The second-order valence-corrected chi connectivity index (χ2v) is 9.12. The van der Waals surface area contributed by atoms with Crippen LogP contribution in [-0.2, 0) is 17.9 Å². The molecule has 1 amide bonds. The number of nitrogens with one attached hydrogen (secondary N) is 1. The number of amides is 1. The molecule has 5 heterocycles. The van der Waals surface area contributed by atoms with Gasteiger partial charge in [-0.1, -0.05) is 22.4 Å². The van der Waals surface area contributed by atoms with Crippen LogP contribution in [-0.4, -0.2) is 38.8 Å². The Morgan fingerprint density at radius 2 is 2.17 bits per heavy atom. The minimum Gasteiger partial charge on any atom is -0.348 e. The highest BCUT2D eigenvalue weighted by atomic mass is 32.1. The molecule has 5 rings (SSSR count). The number of thiophene rings is 1. The van der Waals surface area contributed by atoms with Gasteiger partial charge in [0.25, 0.3) is 5.56 Å². The third kappa shape index (κ3) is 3.48. The summed E-state index contributed by atoms with van der Waals surface area (Å²) in [5.74, 6) is 0.171. The molecule has 0 aliphatic carbocycles. The van der Waals surface area contributed by atoms with E-state index < -0.39 is 6.04 Å². The molecule has 1 N–H and O–H groups in total. The van der Waals surface area contributed by atoms with Gasteiger partial charge in [0.1, 0.15) is 17.4 Å². The predicted octanol–water partition coefficient (Wildman–Crippen LogP) is 2.08. The molecular weight excluding hydrogens is 402 g/mol. The Labute approximate surface area is 177 Å². The maximum Gasteiger partial charge on any atom is 0.251 e. The first-order valence-electron chi connectivity index (χ1n) is 10.1. The zero-order valence-corrected chi connectivity index (χ0v) is 17.5. The lowest BCUT2D eigenvalue weighted by Crippen LogP contribution is -2.53. The number of likely N-dealkylation sites (tertiary alicyclic amines) is 1. The second kappa shape index (κ2) is 7.81. The Kier molecular flexibility index (Phi) is 5.00. The Hall–Kier alpha value is -2.78. The van der Waals surface area contributed by atoms with E-state index in [1.807, 2.05) is 6.07 Å². The standard InChI is InChI=1S/C21H23N5O3S/c1-13-17(24-29-23-13)9-22-21(28)20-15-8-14(18-5-2-6-19(27)26(18)20)10-25(11-15)12-16-4-3-7-30-16/h2-7,14-15,20H,8-12H2,1H3,(H,22,28)/t14-,15+,20+/m0/s1. The summed E-state index contributed by atoms with van der Waals surface area (Å²) in [7, 11) is 0. The Balaban J connectivity index is 1.43. The number of carbonyl (C=O) groups is 1. The number of hydrogen-bond acceptors (Lipinski definition) is 7. The van der Waals surface area contributed by atoms with Crippen molar-refractivity contribution in [2.45, 2.75) is 38.4 Å². The van der Waals surface area contributed by atoms with Crippen LogP contribution >= 0.6 is 11.3 Å². The van der Waals surface area contributed by atoms with Crippen LogP contribution in [0.2, 0.25) is 0 Å². The molecule has 3 atom stereocenters. The average molecular weight is 426 g/mol. The summed E-state index contributed by atoms with van der Waals surface area (Å²) in [6, 6.07) is 9.01. The minimum atomic E-state index is -0.531. The van der Waals surface area contributed by atoms with Gasteiger partial charge in [-0.05, 0) is 30.9 Å². The largest absolute Gasteiger partial charge is 0.348 e. The van der Waals surface area contributed by atoms with Crippen LogP contribution in [0.1, 0.15) is 40.3 Å². The lowest BCUT2D eigenvalue weighted by molar-refractivity contribution is -0.128. The molecule has 8 nitrogen and oxygen atoms in total. The van der Waals surface area contributed by atoms with E-state index in [0.29, 0.717) is 11.4 Å². The number of aryl methyl sites for hydroxylation is 1. The summed E-state index contributed by atoms with van der Waals surface area (Å²) in [5.41, 5.74) is 2.08. The molecule has 2 bridgehead atoms. The van der Waals surface area contributed by atoms with Crippen molar-refractivity contribution in [1.29, 1.82) is 0 Å². The van der Waals surface area contributed by atoms with Crippen molar-refractivity contribution in [3.63, 3.8) is 0 Å². The first-order valence-corrected chi connectivity index (χ1v) is 11.0. The summed E-state index contributed by atoms with van der Waals surface area (Å²) in [5, 5.41) is 12.6. The van der Waals surface area contributed by atoms with E-state index >= 15 is 0 Å². The first kappa shape index (κ1) is 19.2. The Bertz CT molecular complexity index is 1110. The molecule has 1 fully saturated rings. The summed E-state index contributed by atoms with van der Waals surface area (Å²) in [4.78, 5) is 29.8. The van der Waals surface area contributed by atoms with Crippen LogP contribution in [0.25, 0.3) is 0 Å². The molecule has 0 unspecified atom stereocenters. The summed E-state index contributed by atoms with van der Waals surface area (Å²) < 4.78 is 6.43. The maximum absolute atomic E-state index is 13.3. The molecule has 156 valence electrons. The summed E-state index contributed by atoms with van der Waals surface area (Å²) in [6.45, 7) is 4.58. The number of fused-ring (bicyclic) bond motifs is 4. The molecular formula is C21H23N5O3S. The van der Waals surface area contributed by atoms with Crippen LogP contribution in [0.4, 0.5) is 0 Å². The van der Waals surface area contributed by atoms with Crippen LogP contribution < -0.4 is 10.9 Å². The summed E-state index contributed by atoms with van der Waals surface area (Å²) in [6.07, 6.45) is 0.910. The highest BCUT2D eigenvalue weighted by molar-refractivity contribution is 7.09. The van der Waals surface area contributed by atoms with Gasteiger partial charge in [-0.25, -0.2) is 4.63 Å². The highest BCUT2D eigenvalue weighted by Gasteiger charge is 2.43. The molecule has 0 aromatic carbocycles. The topological polar surface area (TPSA) is 93.3 Å². The van der Waals surface area contributed by atoms with Gasteiger partial charge in [-0.2, -0.15) is 0 Å². The van der Waals surface area contributed by atoms with E-state index in [-0.39, 0.29) is 29.8 Å². The van der Waals surface area contributed by atoms with E-state index in [1.165, 1.54) is 4.88 Å². The van der Waals surface area contributed by atoms with E-state index in [2.05, 4.69) is 38.0 Å². The molecule has 1 saturated heterocycles. The fourth-order valence-corrected chi connectivity index (χ4v) is 5.55. The number of aromatic nitrogens is 3. The Morgan fingerprint density at radius 3 is 2.93 bits per heavy atom. The van der Waals surface area contributed by atoms with Crippen LogP contribution in [0.15, 0.2) is 45.1 Å². The molecule has 9 heteroatoms. The van der Waals surface area contributed by atoms with Crippen molar-refractivity contribution in [2.24, 2.45) is 5.92 Å². The third-order valence-electron chi connectivity index (χ3n) is 6.13. The lowest BCUT2D eigenvalue weighted by atomic mass is 9.78. The van der Waals surface area contributed by atoms with Crippen LogP contribution in [0.5, 0.6) is 0 Å². The number of nitrogens with zero attached hydrogens (tertiary/aromatic N) is 4. The van der Waals surface area contributed by atoms with Gasteiger partial charge >= 0.3 is 0 Å². The summed E-state index contributed by atoms with van der Waals surface area (Å²) >= 11 is 1.75. The fourth-order valence-electron chi connectivity index (χ4n) is 4.80. The highest BCUT2D eigenvalue weighted by Crippen LogP contribution is 2.41. The molecule has 3 aromatic heterocycles. The molecule has 0 saturated carbocycles.